The molecular formula is C10H18O2. The molecule has 0 saturated carbocycles. The lowest BCUT2D eigenvalue weighted by Crippen LogP contribution is -2.14. The predicted octanol–water partition coefficient (Wildman–Crippen LogP) is 2.22. The summed E-state index contributed by atoms with van der Waals surface area (Å²) >= 11 is 0. The SMILES string of the molecule is CC(C)(C)CC(C=O)CCC=O. The third-order valence-corrected chi connectivity index (χ3v) is 1.72. The van der Waals surface area contributed by atoms with Crippen molar-refractivity contribution in [1.82, 2.24) is 0 Å². The molecule has 2 heteroatoms. The Kier molecular flexibility index (Phi) is 4.79. The molecule has 0 N–H and O–H groups in total. The van der Waals surface area contributed by atoms with E-state index in [-0.39, 0.29) is 11.3 Å². The first-order valence-corrected chi connectivity index (χ1v) is 4.38. The van der Waals surface area contributed by atoms with Gasteiger partial charge in [-0.3, -0.25) is 0 Å². The molecule has 2 nitrogen and oxygen atoms in total. The smallest absolute Gasteiger partial charge is 0.123 e. The van der Waals surface area contributed by atoms with Gasteiger partial charge in [-0.05, 0) is 18.3 Å². The van der Waals surface area contributed by atoms with Crippen molar-refractivity contribution < 1.29 is 9.59 Å². The largest absolute Gasteiger partial charge is 0.303 e. The molecule has 1 atom stereocenters. The van der Waals surface area contributed by atoms with E-state index in [1.165, 1.54) is 0 Å². The first kappa shape index (κ1) is 11.3. The van der Waals surface area contributed by atoms with Crippen LogP contribution in [0, 0.1) is 11.3 Å². The molecule has 0 spiro atoms. The Labute approximate surface area is 74.3 Å². The van der Waals surface area contributed by atoms with Gasteiger partial charge in [0, 0.05) is 12.3 Å². The van der Waals surface area contributed by atoms with Crippen LogP contribution in [0.15, 0.2) is 0 Å². The van der Waals surface area contributed by atoms with Gasteiger partial charge in [0.25, 0.3) is 0 Å². The number of carbonyl (C=O) groups is 2. The van der Waals surface area contributed by atoms with Crippen molar-refractivity contribution >= 4 is 12.6 Å². The number of hydrogen-bond acceptors (Lipinski definition) is 2. The number of rotatable bonds is 5. The van der Waals surface area contributed by atoms with Crippen molar-refractivity contribution in [3.63, 3.8) is 0 Å². The van der Waals surface area contributed by atoms with E-state index in [0.717, 1.165) is 19.0 Å². The highest BCUT2D eigenvalue weighted by atomic mass is 16.1. The van der Waals surface area contributed by atoms with Crippen LogP contribution >= 0.6 is 0 Å². The Bertz CT molecular complexity index is 144. The first-order valence-electron chi connectivity index (χ1n) is 4.38. The van der Waals surface area contributed by atoms with Crippen LogP contribution in [0.25, 0.3) is 0 Å². The van der Waals surface area contributed by atoms with Crippen LogP contribution in [0.1, 0.15) is 40.0 Å². The molecular weight excluding hydrogens is 152 g/mol. The molecule has 70 valence electrons. The summed E-state index contributed by atoms with van der Waals surface area (Å²) in [4.78, 5) is 20.6. The molecule has 0 rings (SSSR count). The average molecular weight is 170 g/mol. The van der Waals surface area contributed by atoms with E-state index in [9.17, 15) is 9.59 Å². The molecule has 0 heterocycles. The van der Waals surface area contributed by atoms with Gasteiger partial charge in [0.05, 0.1) is 0 Å². The topological polar surface area (TPSA) is 34.1 Å². The van der Waals surface area contributed by atoms with Crippen LogP contribution in [0.2, 0.25) is 0 Å². The Morgan fingerprint density at radius 3 is 2.17 bits per heavy atom. The Morgan fingerprint density at radius 1 is 1.25 bits per heavy atom. The van der Waals surface area contributed by atoms with Gasteiger partial charge in [-0.25, -0.2) is 0 Å². The molecule has 0 aromatic carbocycles. The summed E-state index contributed by atoms with van der Waals surface area (Å²) in [6.45, 7) is 6.30. The monoisotopic (exact) mass is 170 g/mol. The summed E-state index contributed by atoms with van der Waals surface area (Å²) in [6.07, 6.45) is 3.90. The number of aldehydes is 2. The molecule has 0 aromatic heterocycles. The molecule has 0 aliphatic heterocycles. The van der Waals surface area contributed by atoms with Gasteiger partial charge in [0.15, 0.2) is 0 Å². The second-order valence-electron chi connectivity index (χ2n) is 4.40. The summed E-state index contributed by atoms with van der Waals surface area (Å²) in [6, 6.07) is 0. The zero-order chi connectivity index (χ0) is 9.61. The van der Waals surface area contributed by atoms with Gasteiger partial charge in [0.2, 0.25) is 0 Å². The lowest BCUT2D eigenvalue weighted by molar-refractivity contribution is -0.112. The van der Waals surface area contributed by atoms with E-state index in [2.05, 4.69) is 20.8 Å². The maximum Gasteiger partial charge on any atom is 0.123 e. The van der Waals surface area contributed by atoms with Crippen LogP contribution in [-0.4, -0.2) is 12.6 Å². The van der Waals surface area contributed by atoms with Crippen LogP contribution in [0.4, 0.5) is 0 Å². The van der Waals surface area contributed by atoms with Crippen molar-refractivity contribution in [2.45, 2.75) is 40.0 Å². The van der Waals surface area contributed by atoms with Crippen molar-refractivity contribution in [2.75, 3.05) is 0 Å². The molecule has 0 saturated heterocycles. The molecule has 0 fully saturated rings. The zero-order valence-electron chi connectivity index (χ0n) is 8.17. The molecule has 0 aromatic rings. The van der Waals surface area contributed by atoms with Crippen molar-refractivity contribution in [2.24, 2.45) is 11.3 Å². The van der Waals surface area contributed by atoms with Crippen LogP contribution in [-0.2, 0) is 9.59 Å². The fraction of sp³-hybridized carbons (Fsp3) is 0.800. The summed E-state index contributed by atoms with van der Waals surface area (Å²) < 4.78 is 0. The Morgan fingerprint density at radius 2 is 1.83 bits per heavy atom. The van der Waals surface area contributed by atoms with Gasteiger partial charge >= 0.3 is 0 Å². The van der Waals surface area contributed by atoms with Crippen molar-refractivity contribution in [1.29, 1.82) is 0 Å². The Hall–Kier alpha value is -0.660. The van der Waals surface area contributed by atoms with Gasteiger partial charge in [0.1, 0.15) is 12.6 Å². The van der Waals surface area contributed by atoms with Gasteiger partial charge < -0.3 is 9.59 Å². The van der Waals surface area contributed by atoms with Crippen molar-refractivity contribution in [3.8, 4) is 0 Å². The summed E-state index contributed by atoms with van der Waals surface area (Å²) in [5, 5.41) is 0. The van der Waals surface area contributed by atoms with E-state index in [1.54, 1.807) is 0 Å². The highest BCUT2D eigenvalue weighted by Gasteiger charge is 2.17. The maximum absolute atomic E-state index is 10.6. The molecule has 0 aliphatic carbocycles. The van der Waals surface area contributed by atoms with Gasteiger partial charge in [-0.2, -0.15) is 0 Å². The van der Waals surface area contributed by atoms with Crippen LogP contribution < -0.4 is 0 Å². The number of carbonyl (C=O) groups excluding carboxylic acids is 2. The average Bonchev–Trinajstić information content (AvgIpc) is 1.95. The minimum atomic E-state index is 0.0511. The van der Waals surface area contributed by atoms with E-state index >= 15 is 0 Å². The first-order chi connectivity index (χ1) is 5.49. The van der Waals surface area contributed by atoms with Crippen molar-refractivity contribution in [3.05, 3.63) is 0 Å². The second-order valence-corrected chi connectivity index (χ2v) is 4.40. The minimum Gasteiger partial charge on any atom is -0.303 e. The van der Waals surface area contributed by atoms with E-state index in [1.807, 2.05) is 0 Å². The Balaban J connectivity index is 3.82. The number of hydrogen-bond donors (Lipinski definition) is 0. The van der Waals surface area contributed by atoms with Gasteiger partial charge in [-0.15, -0.1) is 0 Å². The van der Waals surface area contributed by atoms with Crippen LogP contribution in [0.3, 0.4) is 0 Å². The fourth-order valence-corrected chi connectivity index (χ4v) is 1.29. The maximum atomic E-state index is 10.6. The minimum absolute atomic E-state index is 0.0511. The summed E-state index contributed by atoms with van der Waals surface area (Å²) in [5.74, 6) is 0.0511. The molecule has 0 aliphatic rings. The predicted molar refractivity (Wildman–Crippen MR) is 48.9 cm³/mol. The lowest BCUT2D eigenvalue weighted by atomic mass is 9.83. The quantitative estimate of drug-likeness (QED) is 0.593. The third-order valence-electron chi connectivity index (χ3n) is 1.72. The normalized spacial score (nSPS) is 13.9. The highest BCUT2D eigenvalue weighted by molar-refractivity contribution is 5.56. The fourth-order valence-electron chi connectivity index (χ4n) is 1.29. The third kappa shape index (κ3) is 6.08. The highest BCUT2D eigenvalue weighted by Crippen LogP contribution is 2.25. The lowest BCUT2D eigenvalue weighted by Gasteiger charge is -2.21. The summed E-state index contributed by atoms with van der Waals surface area (Å²) in [7, 11) is 0. The van der Waals surface area contributed by atoms with Crippen LogP contribution in [0.5, 0.6) is 0 Å². The van der Waals surface area contributed by atoms with Gasteiger partial charge in [-0.1, -0.05) is 20.8 Å². The second kappa shape index (κ2) is 5.07. The molecule has 0 bridgehead atoms. The summed E-state index contributed by atoms with van der Waals surface area (Å²) in [5.41, 5.74) is 0.175. The van der Waals surface area contributed by atoms with E-state index in [0.29, 0.717) is 12.8 Å². The molecule has 1 unspecified atom stereocenters. The zero-order valence-corrected chi connectivity index (χ0v) is 8.17. The van der Waals surface area contributed by atoms with E-state index in [4.69, 9.17) is 0 Å². The standard InChI is InChI=1S/C10H18O2/c1-10(2,3)7-9(8-12)5-4-6-11/h6,8-9H,4-5,7H2,1-3H3. The molecule has 0 radical (unpaired) electrons. The molecule has 12 heavy (non-hydrogen) atoms. The van der Waals surface area contributed by atoms with E-state index < -0.39 is 0 Å². The molecule has 0 amide bonds.